The van der Waals surface area contributed by atoms with Gasteiger partial charge in [0.2, 0.25) is 0 Å². The van der Waals surface area contributed by atoms with Crippen molar-refractivity contribution in [3.8, 4) is 0 Å². The third-order valence-corrected chi connectivity index (χ3v) is 4.64. The van der Waals surface area contributed by atoms with Gasteiger partial charge in [-0.3, -0.25) is 0 Å². The number of benzene rings is 1. The van der Waals surface area contributed by atoms with Crippen molar-refractivity contribution in [3.05, 3.63) is 35.5 Å². The van der Waals surface area contributed by atoms with E-state index in [9.17, 15) is 0 Å². The first-order valence-electron chi connectivity index (χ1n) is 5.86. The van der Waals surface area contributed by atoms with Crippen molar-refractivity contribution in [2.75, 3.05) is 25.9 Å². The van der Waals surface area contributed by atoms with Gasteiger partial charge < -0.3 is 4.74 Å². The molecule has 0 aliphatic heterocycles. The molecule has 0 aliphatic carbocycles. The number of aromatic nitrogens is 1. The average molecular weight is 282 g/mol. The minimum Gasteiger partial charge on any atom is -0.380 e. The van der Waals surface area contributed by atoms with Crippen LogP contribution in [0.3, 0.4) is 0 Å². The van der Waals surface area contributed by atoms with E-state index in [1.54, 1.807) is 7.11 Å². The van der Waals surface area contributed by atoms with Crippen LogP contribution in [0.25, 0.3) is 10.9 Å². The molecule has 0 saturated heterocycles. The second-order valence-electron chi connectivity index (χ2n) is 4.43. The minimum absolute atomic E-state index is 0.218. The smallest absolute Gasteiger partial charge is 0.123 e. The molecule has 0 fully saturated rings. The summed E-state index contributed by atoms with van der Waals surface area (Å²) in [7, 11) is 1.76. The number of ether oxygens (including phenoxy) is 1. The van der Waals surface area contributed by atoms with Crippen LogP contribution in [0.1, 0.15) is 11.1 Å². The van der Waals surface area contributed by atoms with Crippen LogP contribution >= 0.6 is 11.8 Å². The maximum Gasteiger partial charge on any atom is 0.123 e. The Morgan fingerprint density at radius 1 is 1.28 bits per heavy atom. The highest BCUT2D eigenvalue weighted by atomic mass is 32.2. The fourth-order valence-corrected chi connectivity index (χ4v) is 3.67. The van der Waals surface area contributed by atoms with Crippen molar-refractivity contribution in [3.63, 3.8) is 0 Å². The van der Waals surface area contributed by atoms with Gasteiger partial charge in [0, 0.05) is 18.2 Å². The van der Waals surface area contributed by atoms with Gasteiger partial charge in [0.1, 0.15) is 12.5 Å². The summed E-state index contributed by atoms with van der Waals surface area (Å²) in [5.74, 6) is 1.06. The zero-order valence-corrected chi connectivity index (χ0v) is 13.0. The van der Waals surface area contributed by atoms with Crippen LogP contribution in [0.2, 0.25) is 0 Å². The molecule has 0 N–H and O–H groups in total. The molecule has 4 heteroatoms. The topological polar surface area (TPSA) is 14.2 Å². The van der Waals surface area contributed by atoms with Crippen molar-refractivity contribution >= 4 is 33.7 Å². The van der Waals surface area contributed by atoms with Gasteiger partial charge >= 0.3 is 0 Å². The summed E-state index contributed by atoms with van der Waals surface area (Å²) in [6.07, 6.45) is 8.97. The number of rotatable bonds is 5. The van der Waals surface area contributed by atoms with E-state index < -0.39 is 0 Å². The Kier molecular flexibility index (Phi) is 4.65. The lowest BCUT2D eigenvalue weighted by Crippen LogP contribution is -2.06. The summed E-state index contributed by atoms with van der Waals surface area (Å²) in [6, 6.07) is 6.51. The largest absolute Gasteiger partial charge is 0.380 e. The highest BCUT2D eigenvalue weighted by Gasteiger charge is 2.17. The quantitative estimate of drug-likeness (QED) is 0.781. The zero-order chi connectivity index (χ0) is 13.1. The fourth-order valence-electron chi connectivity index (χ4n) is 2.26. The Hall–Kier alpha value is -0.580. The number of fused-ring (bicyclic) bond motifs is 1. The summed E-state index contributed by atoms with van der Waals surface area (Å²) in [5, 5.41) is 1.38. The van der Waals surface area contributed by atoms with Crippen LogP contribution in [0.4, 0.5) is 0 Å². The first kappa shape index (κ1) is 13.8. The molecular weight excluding hydrogens is 262 g/mol. The molecule has 0 spiro atoms. The van der Waals surface area contributed by atoms with E-state index in [0.29, 0.717) is 6.61 Å². The van der Waals surface area contributed by atoms with E-state index in [4.69, 9.17) is 4.74 Å². The van der Waals surface area contributed by atoms with Gasteiger partial charge in [-0.25, -0.2) is 0 Å². The Balaban J connectivity index is 2.66. The predicted molar refractivity (Wildman–Crippen MR) is 84.5 cm³/mol. The van der Waals surface area contributed by atoms with Crippen LogP contribution in [-0.4, -0.2) is 29.8 Å². The molecule has 1 aromatic carbocycles. The van der Waals surface area contributed by atoms with Crippen LogP contribution in [0, 0.1) is 0 Å². The molecular formula is C14H20NOS2+. The Morgan fingerprint density at radius 3 is 2.67 bits per heavy atom. The van der Waals surface area contributed by atoms with Gasteiger partial charge in [0.15, 0.2) is 0 Å². The number of methoxy groups -OCH3 is 1. The van der Waals surface area contributed by atoms with E-state index >= 15 is 0 Å². The Labute approximate surface area is 116 Å². The maximum atomic E-state index is 5.33. The van der Waals surface area contributed by atoms with Gasteiger partial charge in [0.05, 0.1) is 29.4 Å². The van der Waals surface area contributed by atoms with Gasteiger partial charge in [-0.15, -0.1) is 0 Å². The lowest BCUT2D eigenvalue weighted by molar-refractivity contribution is 0.186. The van der Waals surface area contributed by atoms with E-state index in [2.05, 4.69) is 47.1 Å². The molecule has 1 aromatic heterocycles. The second kappa shape index (κ2) is 6.04. The second-order valence-corrected chi connectivity index (χ2v) is 7.24. The normalized spacial score (nSPS) is 11.6. The Morgan fingerprint density at radius 2 is 2.06 bits per heavy atom. The maximum absolute atomic E-state index is 5.33. The van der Waals surface area contributed by atoms with Gasteiger partial charge in [0.25, 0.3) is 0 Å². The monoisotopic (exact) mass is 282 g/mol. The number of hydrogen-bond donors (Lipinski definition) is 0. The molecule has 2 nitrogen and oxygen atoms in total. The number of thioether (sulfide) groups is 1. The van der Waals surface area contributed by atoms with E-state index in [1.807, 2.05) is 11.8 Å². The zero-order valence-electron chi connectivity index (χ0n) is 11.4. The predicted octanol–water partition coefficient (Wildman–Crippen LogP) is 3.29. The summed E-state index contributed by atoms with van der Waals surface area (Å²) < 4.78 is 7.71. The van der Waals surface area contributed by atoms with Gasteiger partial charge in [-0.05, 0) is 23.4 Å². The van der Waals surface area contributed by atoms with E-state index in [1.165, 1.54) is 22.0 Å². The van der Waals surface area contributed by atoms with E-state index in [-0.39, 0.29) is 11.1 Å². The first-order valence-corrected chi connectivity index (χ1v) is 9.26. The van der Waals surface area contributed by atoms with E-state index in [0.717, 1.165) is 5.75 Å². The molecule has 0 radical (unpaired) electrons. The van der Waals surface area contributed by atoms with Crippen molar-refractivity contribution in [1.29, 1.82) is 0 Å². The SMILES string of the molecule is COCc1cccc2c1c(CSC)cn2[S+](C)C. The highest BCUT2D eigenvalue weighted by Crippen LogP contribution is 2.29. The molecule has 0 aliphatic rings. The molecule has 0 bridgehead atoms. The molecule has 0 saturated carbocycles. The van der Waals surface area contributed by atoms with Crippen LogP contribution in [0.15, 0.2) is 24.4 Å². The van der Waals surface area contributed by atoms with Crippen molar-refractivity contribution < 1.29 is 4.74 Å². The summed E-state index contributed by atoms with van der Waals surface area (Å²) in [4.78, 5) is 0. The molecule has 0 unspecified atom stereocenters. The molecule has 98 valence electrons. The molecule has 1 heterocycles. The van der Waals surface area contributed by atoms with Crippen LogP contribution in [0.5, 0.6) is 0 Å². The van der Waals surface area contributed by atoms with Crippen molar-refractivity contribution in [2.45, 2.75) is 12.4 Å². The summed E-state index contributed by atoms with van der Waals surface area (Å²) in [5.41, 5.74) is 4.05. The fraction of sp³-hybridized carbons (Fsp3) is 0.429. The third kappa shape index (κ3) is 2.56. The van der Waals surface area contributed by atoms with Crippen LogP contribution in [-0.2, 0) is 28.2 Å². The third-order valence-electron chi connectivity index (χ3n) is 2.95. The Bertz CT molecular complexity index is 534. The molecule has 18 heavy (non-hydrogen) atoms. The lowest BCUT2D eigenvalue weighted by Gasteiger charge is -2.04. The van der Waals surface area contributed by atoms with Crippen LogP contribution < -0.4 is 0 Å². The van der Waals surface area contributed by atoms with Crippen molar-refractivity contribution in [2.24, 2.45) is 0 Å². The molecule has 0 atom stereocenters. The average Bonchev–Trinajstić information content (AvgIpc) is 2.70. The highest BCUT2D eigenvalue weighted by molar-refractivity contribution is 7.97. The number of nitrogens with zero attached hydrogens (tertiary/aromatic N) is 1. The lowest BCUT2D eigenvalue weighted by atomic mass is 10.1. The first-order chi connectivity index (χ1) is 8.69. The molecule has 2 aromatic rings. The standard InChI is InChI=1S/C14H20NOS2/c1-16-9-11-6-5-7-13-14(11)12(10-17-2)8-15(13)18(3)4/h5-8H,9-10H2,1-4H3/q+1. The molecule has 2 rings (SSSR count). The summed E-state index contributed by atoms with van der Waals surface area (Å²) in [6.45, 7) is 0.684. The summed E-state index contributed by atoms with van der Waals surface area (Å²) >= 11 is 2.09. The minimum atomic E-state index is 0.218. The van der Waals surface area contributed by atoms with Gasteiger partial charge in [-0.2, -0.15) is 15.7 Å². The molecule has 0 amide bonds. The number of hydrogen-bond acceptors (Lipinski definition) is 2. The van der Waals surface area contributed by atoms with Gasteiger partial charge in [-0.1, -0.05) is 12.1 Å². The van der Waals surface area contributed by atoms with Crippen molar-refractivity contribution in [1.82, 2.24) is 3.97 Å².